The maximum Gasteiger partial charge on any atom is 0.338 e. The molecule has 0 heterocycles. The number of aryl methyl sites for hydroxylation is 1. The zero-order chi connectivity index (χ0) is 13.9. The third-order valence-electron chi connectivity index (χ3n) is 2.12. The zero-order valence-corrected chi connectivity index (χ0v) is 12.0. The Labute approximate surface area is 111 Å². The van der Waals surface area contributed by atoms with E-state index in [0.717, 1.165) is 0 Å². The van der Waals surface area contributed by atoms with Crippen molar-refractivity contribution in [2.75, 3.05) is 6.61 Å². The Kier molecular flexibility index (Phi) is 4.76. The van der Waals surface area contributed by atoms with Crippen LogP contribution in [0.1, 0.15) is 29.8 Å². The molecule has 0 aromatic heterocycles. The molecule has 0 aliphatic rings. The summed E-state index contributed by atoms with van der Waals surface area (Å²) >= 11 is 0. The number of carbonyl (C=O) groups excluding carboxylic acids is 1. The minimum atomic E-state index is -3.85. The second-order valence-corrected chi connectivity index (χ2v) is 7.03. The Balaban J connectivity index is 3.03. The molecule has 0 atom stereocenters. The minimum Gasteiger partial charge on any atom is -0.462 e. The molecule has 6 heteroatoms. The molecule has 0 saturated carbocycles. The Morgan fingerprint density at radius 2 is 1.94 bits per heavy atom. The van der Waals surface area contributed by atoms with Crippen molar-refractivity contribution in [1.82, 2.24) is 0 Å². The molecule has 0 fully saturated rings. The normalized spacial score (nSPS) is 11.6. The second-order valence-electron chi connectivity index (χ2n) is 4.46. The number of hydrogen-bond acceptors (Lipinski definition) is 4. The van der Waals surface area contributed by atoms with Crippen molar-refractivity contribution in [1.29, 1.82) is 0 Å². The quantitative estimate of drug-likeness (QED) is 0.632. The lowest BCUT2D eigenvalue weighted by Crippen LogP contribution is -2.11. The Bertz CT molecular complexity index is 549. The number of benzene rings is 1. The van der Waals surface area contributed by atoms with Gasteiger partial charge < -0.3 is 4.74 Å². The molecule has 1 rings (SSSR count). The van der Waals surface area contributed by atoms with Crippen LogP contribution in [0.5, 0.6) is 0 Å². The fourth-order valence-corrected chi connectivity index (χ4v) is 2.19. The van der Waals surface area contributed by atoms with Gasteiger partial charge in [0.05, 0.1) is 17.1 Å². The predicted molar refractivity (Wildman–Crippen MR) is 69.3 cm³/mol. The van der Waals surface area contributed by atoms with E-state index in [4.69, 9.17) is 15.4 Å². The Morgan fingerprint density at radius 1 is 1.33 bits per heavy atom. The van der Waals surface area contributed by atoms with E-state index in [-0.39, 0.29) is 23.0 Å². The Morgan fingerprint density at radius 3 is 2.44 bits per heavy atom. The summed E-state index contributed by atoms with van der Waals surface area (Å²) in [4.78, 5) is 11.6. The highest BCUT2D eigenvalue weighted by molar-refractivity contribution is 8.13. The van der Waals surface area contributed by atoms with Gasteiger partial charge in [0.1, 0.15) is 0 Å². The molecule has 0 bridgehead atoms. The van der Waals surface area contributed by atoms with Crippen molar-refractivity contribution < 1.29 is 17.9 Å². The molecule has 0 amide bonds. The molecule has 0 unspecified atom stereocenters. The molecule has 0 aliphatic carbocycles. The molecule has 1 aromatic carbocycles. The summed E-state index contributed by atoms with van der Waals surface area (Å²) in [5.74, 6) is -0.330. The molecule has 0 spiro atoms. The van der Waals surface area contributed by atoms with E-state index in [1.165, 1.54) is 12.1 Å². The molecule has 0 N–H and O–H groups in total. The van der Waals surface area contributed by atoms with Crippen LogP contribution in [0.3, 0.4) is 0 Å². The number of esters is 1. The number of halogens is 1. The molecular formula is C12H15ClO4S. The molecule has 4 nitrogen and oxygen atoms in total. The minimum absolute atomic E-state index is 0.0966. The van der Waals surface area contributed by atoms with E-state index in [1.807, 2.05) is 13.8 Å². The molecular weight excluding hydrogens is 276 g/mol. The summed E-state index contributed by atoms with van der Waals surface area (Å²) in [6, 6.07) is 4.19. The van der Waals surface area contributed by atoms with E-state index in [9.17, 15) is 13.2 Å². The largest absolute Gasteiger partial charge is 0.462 e. The predicted octanol–water partition coefficient (Wildman–Crippen LogP) is 2.74. The van der Waals surface area contributed by atoms with Crippen LogP contribution in [0, 0.1) is 12.8 Å². The van der Waals surface area contributed by atoms with Crippen molar-refractivity contribution in [2.24, 2.45) is 5.92 Å². The van der Waals surface area contributed by atoms with Crippen molar-refractivity contribution in [3.8, 4) is 0 Å². The summed E-state index contributed by atoms with van der Waals surface area (Å²) in [5, 5.41) is 0. The first-order valence-corrected chi connectivity index (χ1v) is 7.74. The van der Waals surface area contributed by atoms with Crippen LogP contribution in [-0.4, -0.2) is 21.0 Å². The van der Waals surface area contributed by atoms with Gasteiger partial charge in [-0.05, 0) is 36.6 Å². The Hall–Kier alpha value is -1.07. The van der Waals surface area contributed by atoms with Gasteiger partial charge in [0.2, 0.25) is 0 Å². The zero-order valence-electron chi connectivity index (χ0n) is 10.4. The molecule has 0 saturated heterocycles. The number of rotatable bonds is 4. The topological polar surface area (TPSA) is 60.4 Å². The standard InChI is InChI=1S/C12H15ClO4S/c1-8(2)7-17-12(14)10-4-9(3)5-11(6-10)18(13,15)16/h4-6,8H,7H2,1-3H3. The van der Waals surface area contributed by atoms with Gasteiger partial charge in [-0.3, -0.25) is 0 Å². The van der Waals surface area contributed by atoms with Crippen LogP contribution in [0.2, 0.25) is 0 Å². The van der Waals surface area contributed by atoms with Gasteiger partial charge in [-0.15, -0.1) is 0 Å². The molecule has 0 aliphatic heterocycles. The smallest absolute Gasteiger partial charge is 0.338 e. The average Bonchev–Trinajstić information content (AvgIpc) is 2.23. The summed E-state index contributed by atoms with van der Waals surface area (Å²) in [5.41, 5.74) is 0.822. The highest BCUT2D eigenvalue weighted by atomic mass is 35.7. The monoisotopic (exact) mass is 290 g/mol. The third-order valence-corrected chi connectivity index (χ3v) is 3.45. The summed E-state index contributed by atoms with van der Waals surface area (Å²) < 4.78 is 27.5. The van der Waals surface area contributed by atoms with Crippen LogP contribution in [0.4, 0.5) is 0 Å². The molecule has 100 valence electrons. The van der Waals surface area contributed by atoms with Crippen LogP contribution in [-0.2, 0) is 13.8 Å². The van der Waals surface area contributed by atoms with Gasteiger partial charge in [0.15, 0.2) is 0 Å². The van der Waals surface area contributed by atoms with Gasteiger partial charge in [-0.25, -0.2) is 13.2 Å². The van der Waals surface area contributed by atoms with E-state index < -0.39 is 15.0 Å². The van der Waals surface area contributed by atoms with Crippen LogP contribution < -0.4 is 0 Å². The lowest BCUT2D eigenvalue weighted by atomic mass is 10.1. The van der Waals surface area contributed by atoms with Gasteiger partial charge in [0, 0.05) is 10.7 Å². The van der Waals surface area contributed by atoms with Gasteiger partial charge >= 0.3 is 5.97 Å². The first kappa shape index (κ1) is 15.0. The third kappa shape index (κ3) is 4.31. The maximum absolute atomic E-state index is 11.7. The molecule has 18 heavy (non-hydrogen) atoms. The summed E-state index contributed by atoms with van der Waals surface area (Å²) in [6.45, 7) is 5.80. The van der Waals surface area contributed by atoms with E-state index in [1.54, 1.807) is 13.0 Å². The maximum atomic E-state index is 11.7. The van der Waals surface area contributed by atoms with Gasteiger partial charge in [0.25, 0.3) is 9.05 Å². The first-order chi connectivity index (χ1) is 8.20. The van der Waals surface area contributed by atoms with Crippen molar-refractivity contribution in [3.63, 3.8) is 0 Å². The number of hydrogen-bond donors (Lipinski definition) is 0. The van der Waals surface area contributed by atoms with Gasteiger partial charge in [-0.1, -0.05) is 13.8 Å². The van der Waals surface area contributed by atoms with Crippen molar-refractivity contribution >= 4 is 25.7 Å². The second kappa shape index (κ2) is 5.71. The fraction of sp³-hybridized carbons (Fsp3) is 0.417. The van der Waals surface area contributed by atoms with Crippen molar-refractivity contribution in [3.05, 3.63) is 29.3 Å². The van der Waals surface area contributed by atoms with Crippen LogP contribution in [0.15, 0.2) is 23.1 Å². The summed E-state index contributed by atoms with van der Waals surface area (Å²) in [7, 11) is 1.41. The van der Waals surface area contributed by atoms with Crippen LogP contribution in [0.25, 0.3) is 0 Å². The molecule has 1 aromatic rings. The van der Waals surface area contributed by atoms with E-state index in [2.05, 4.69) is 0 Å². The highest BCUT2D eigenvalue weighted by Gasteiger charge is 2.15. The number of ether oxygens (including phenoxy) is 1. The first-order valence-electron chi connectivity index (χ1n) is 5.43. The van der Waals surface area contributed by atoms with Crippen LogP contribution >= 0.6 is 10.7 Å². The van der Waals surface area contributed by atoms with Gasteiger partial charge in [-0.2, -0.15) is 0 Å². The van der Waals surface area contributed by atoms with E-state index in [0.29, 0.717) is 5.56 Å². The number of carbonyl (C=O) groups is 1. The average molecular weight is 291 g/mol. The lowest BCUT2D eigenvalue weighted by Gasteiger charge is -2.08. The fourth-order valence-electron chi connectivity index (χ4n) is 1.33. The van der Waals surface area contributed by atoms with E-state index >= 15 is 0 Å². The highest BCUT2D eigenvalue weighted by Crippen LogP contribution is 2.19. The summed E-state index contributed by atoms with van der Waals surface area (Å²) in [6.07, 6.45) is 0. The SMILES string of the molecule is Cc1cc(C(=O)OCC(C)C)cc(S(=O)(=O)Cl)c1. The lowest BCUT2D eigenvalue weighted by molar-refractivity contribution is 0.0458. The molecule has 0 radical (unpaired) electrons. The van der Waals surface area contributed by atoms with Crippen molar-refractivity contribution in [2.45, 2.75) is 25.7 Å².